The lowest BCUT2D eigenvalue weighted by Crippen LogP contribution is -2.48. The van der Waals surface area contributed by atoms with E-state index in [-0.39, 0.29) is 55.2 Å². The van der Waals surface area contributed by atoms with E-state index in [4.69, 9.17) is 9.47 Å². The normalized spacial score (nSPS) is 22.5. The van der Waals surface area contributed by atoms with E-state index in [1.165, 1.54) is 6.42 Å². The number of hydrogen-bond donors (Lipinski definition) is 3. The Balaban J connectivity index is 1.58. The monoisotopic (exact) mass is 636 g/mol. The number of fused-ring (bicyclic) bond motifs is 1. The summed E-state index contributed by atoms with van der Waals surface area (Å²) in [6.45, 7) is 6.72. The number of rotatable bonds is 7. The third-order valence-corrected chi connectivity index (χ3v) is 9.07. The Morgan fingerprint density at radius 2 is 1.74 bits per heavy atom. The summed E-state index contributed by atoms with van der Waals surface area (Å²) in [4.78, 5) is 43.7. The maximum absolute atomic E-state index is 14.3. The number of likely N-dealkylation sites (N-methyl/N-ethyl adjacent to an activating group) is 1. The number of carbonyl (C=O) groups is 3. The molecule has 0 spiro atoms. The number of aliphatic hydroxyl groups excluding tert-OH is 1. The zero-order valence-electron chi connectivity index (χ0n) is 27.9. The summed E-state index contributed by atoms with van der Waals surface area (Å²) in [7, 11) is 1.77. The maximum Gasteiger partial charge on any atom is 0.319 e. The fourth-order valence-corrected chi connectivity index (χ4v) is 6.22. The van der Waals surface area contributed by atoms with Gasteiger partial charge in [-0.05, 0) is 76.3 Å². The highest BCUT2D eigenvalue weighted by Crippen LogP contribution is 2.29. The minimum absolute atomic E-state index is 0.0973. The lowest BCUT2D eigenvalue weighted by Gasteiger charge is -2.36. The van der Waals surface area contributed by atoms with Crippen LogP contribution in [-0.2, 0) is 4.74 Å². The molecular weight excluding hydrogens is 584 g/mol. The number of amides is 4. The van der Waals surface area contributed by atoms with Gasteiger partial charge in [0, 0.05) is 50.0 Å². The van der Waals surface area contributed by atoms with Gasteiger partial charge in [-0.2, -0.15) is 0 Å². The Bertz CT molecular complexity index is 1280. The largest absolute Gasteiger partial charge is 0.490 e. The molecule has 0 aromatic heterocycles. The third kappa shape index (κ3) is 9.93. The SMILES string of the molecule is C[C@@H]1CN([C@@H](C)CO)C(=O)c2cc(NC(=O)NC3CCCCC3)ccc2O[C@@H](C)CCCCO[C@@H]1CN(C)C(=O)c1ccccc1. The van der Waals surface area contributed by atoms with Crippen molar-refractivity contribution < 1.29 is 29.0 Å². The van der Waals surface area contributed by atoms with Gasteiger partial charge in [-0.1, -0.05) is 44.4 Å². The van der Waals surface area contributed by atoms with Crippen LogP contribution in [0.3, 0.4) is 0 Å². The average Bonchev–Trinajstić information content (AvgIpc) is 3.06. The van der Waals surface area contributed by atoms with Crippen molar-refractivity contribution in [2.45, 2.75) is 96.4 Å². The summed E-state index contributed by atoms with van der Waals surface area (Å²) in [6.07, 6.45) is 7.32. The van der Waals surface area contributed by atoms with E-state index in [9.17, 15) is 19.5 Å². The predicted molar refractivity (Wildman–Crippen MR) is 179 cm³/mol. The van der Waals surface area contributed by atoms with Crippen LogP contribution in [0, 0.1) is 5.92 Å². The molecular formula is C36H52N4O6. The number of benzene rings is 2. The minimum Gasteiger partial charge on any atom is -0.490 e. The number of anilines is 1. The van der Waals surface area contributed by atoms with Gasteiger partial charge in [-0.3, -0.25) is 9.59 Å². The van der Waals surface area contributed by atoms with Crippen LogP contribution in [0.5, 0.6) is 5.75 Å². The summed E-state index contributed by atoms with van der Waals surface area (Å²) in [5.41, 5.74) is 1.41. The van der Waals surface area contributed by atoms with Crippen molar-refractivity contribution in [3.8, 4) is 5.75 Å². The van der Waals surface area contributed by atoms with Crippen molar-refractivity contribution in [2.24, 2.45) is 5.92 Å². The third-order valence-electron chi connectivity index (χ3n) is 9.07. The topological polar surface area (TPSA) is 120 Å². The first-order chi connectivity index (χ1) is 22.2. The first-order valence-corrected chi connectivity index (χ1v) is 16.9. The summed E-state index contributed by atoms with van der Waals surface area (Å²) < 4.78 is 12.7. The number of carbonyl (C=O) groups excluding carboxylic acids is 3. The molecule has 1 heterocycles. The van der Waals surface area contributed by atoms with Gasteiger partial charge in [0.1, 0.15) is 5.75 Å². The lowest BCUT2D eigenvalue weighted by molar-refractivity contribution is -0.0149. The molecule has 2 aromatic carbocycles. The molecule has 252 valence electrons. The van der Waals surface area contributed by atoms with Crippen LogP contribution in [0.2, 0.25) is 0 Å². The molecule has 4 rings (SSSR count). The molecule has 3 N–H and O–H groups in total. The molecule has 0 radical (unpaired) electrons. The molecule has 10 nitrogen and oxygen atoms in total. The van der Waals surface area contributed by atoms with Gasteiger partial charge in [-0.15, -0.1) is 0 Å². The van der Waals surface area contributed by atoms with Gasteiger partial charge in [0.05, 0.1) is 30.4 Å². The molecule has 1 fully saturated rings. The summed E-state index contributed by atoms with van der Waals surface area (Å²) in [5, 5.41) is 16.2. The lowest BCUT2D eigenvalue weighted by atomic mass is 9.96. The second-order valence-corrected chi connectivity index (χ2v) is 13.0. The van der Waals surface area contributed by atoms with Crippen molar-refractivity contribution in [3.63, 3.8) is 0 Å². The number of nitrogens with zero attached hydrogens (tertiary/aromatic N) is 2. The van der Waals surface area contributed by atoms with Crippen molar-refractivity contribution in [2.75, 3.05) is 38.7 Å². The van der Waals surface area contributed by atoms with E-state index in [2.05, 4.69) is 10.6 Å². The molecule has 10 heteroatoms. The van der Waals surface area contributed by atoms with Crippen molar-refractivity contribution in [3.05, 3.63) is 59.7 Å². The Morgan fingerprint density at radius 3 is 2.46 bits per heavy atom. The second kappa shape index (κ2) is 17.3. The van der Waals surface area contributed by atoms with Gasteiger partial charge in [-0.25, -0.2) is 4.79 Å². The van der Waals surface area contributed by atoms with Gasteiger partial charge < -0.3 is 35.0 Å². The Hall–Kier alpha value is -3.63. The highest BCUT2D eigenvalue weighted by molar-refractivity contribution is 5.99. The molecule has 1 aliphatic heterocycles. The first kappa shape index (κ1) is 35.2. The van der Waals surface area contributed by atoms with Crippen molar-refractivity contribution in [1.29, 1.82) is 0 Å². The van der Waals surface area contributed by atoms with E-state index in [0.29, 0.717) is 35.7 Å². The highest BCUT2D eigenvalue weighted by atomic mass is 16.5. The van der Waals surface area contributed by atoms with E-state index < -0.39 is 6.04 Å². The van der Waals surface area contributed by atoms with Crippen LogP contribution in [0.25, 0.3) is 0 Å². The Morgan fingerprint density at radius 1 is 1.02 bits per heavy atom. The van der Waals surface area contributed by atoms with Crippen LogP contribution in [0.15, 0.2) is 48.5 Å². The van der Waals surface area contributed by atoms with Crippen LogP contribution >= 0.6 is 0 Å². The van der Waals surface area contributed by atoms with Crippen LogP contribution in [0.4, 0.5) is 10.5 Å². The molecule has 1 aliphatic carbocycles. The van der Waals surface area contributed by atoms with E-state index in [1.54, 1.807) is 54.1 Å². The molecule has 2 aliphatic rings. The van der Waals surface area contributed by atoms with Crippen LogP contribution in [-0.4, -0.2) is 90.4 Å². The van der Waals surface area contributed by atoms with E-state index in [1.807, 2.05) is 32.0 Å². The Kier molecular flexibility index (Phi) is 13.3. The number of hydrogen-bond acceptors (Lipinski definition) is 6. The number of nitrogens with one attached hydrogen (secondary N) is 2. The predicted octanol–water partition coefficient (Wildman–Crippen LogP) is 5.71. The van der Waals surface area contributed by atoms with Crippen LogP contribution in [0.1, 0.15) is 92.9 Å². The second-order valence-electron chi connectivity index (χ2n) is 13.0. The smallest absolute Gasteiger partial charge is 0.319 e. The molecule has 4 amide bonds. The van der Waals surface area contributed by atoms with Gasteiger partial charge in [0.25, 0.3) is 11.8 Å². The zero-order chi connectivity index (χ0) is 33.1. The number of urea groups is 1. The molecule has 2 aromatic rings. The molecule has 0 unspecified atom stereocenters. The summed E-state index contributed by atoms with van der Waals surface area (Å²) >= 11 is 0. The standard InChI is InChI=1S/C36H52N4O6/c1-25-22-40(26(2)24-41)35(43)31-21-30(38-36(44)37-29-16-9-6-10-17-29)18-19-32(31)46-27(3)13-11-12-20-45-33(25)23-39(4)34(42)28-14-7-5-8-15-28/h5,7-8,14-15,18-19,21,25-27,29,33,41H,6,9-13,16-17,20,22-24H2,1-4H3,(H2,37,38,44)/t25-,26+,27+,33-/m1/s1. The van der Waals surface area contributed by atoms with E-state index in [0.717, 1.165) is 44.9 Å². The quantitative estimate of drug-likeness (QED) is 0.358. The van der Waals surface area contributed by atoms with Gasteiger partial charge in [0.15, 0.2) is 0 Å². The molecule has 46 heavy (non-hydrogen) atoms. The van der Waals surface area contributed by atoms with Gasteiger partial charge >= 0.3 is 6.03 Å². The molecule has 1 saturated carbocycles. The van der Waals surface area contributed by atoms with E-state index >= 15 is 0 Å². The fraction of sp³-hybridized carbons (Fsp3) is 0.583. The number of ether oxygens (including phenoxy) is 2. The van der Waals surface area contributed by atoms with Crippen molar-refractivity contribution in [1.82, 2.24) is 15.1 Å². The molecule has 0 saturated heterocycles. The van der Waals surface area contributed by atoms with Crippen molar-refractivity contribution >= 4 is 23.5 Å². The zero-order valence-corrected chi connectivity index (χ0v) is 27.9. The first-order valence-electron chi connectivity index (χ1n) is 16.9. The highest BCUT2D eigenvalue weighted by Gasteiger charge is 2.31. The summed E-state index contributed by atoms with van der Waals surface area (Å²) in [5.74, 6) is -0.134. The molecule has 0 bridgehead atoms. The average molecular weight is 637 g/mol. The van der Waals surface area contributed by atoms with Gasteiger partial charge in [0.2, 0.25) is 0 Å². The fourth-order valence-electron chi connectivity index (χ4n) is 6.22. The summed E-state index contributed by atoms with van der Waals surface area (Å²) in [6, 6.07) is 13.7. The van der Waals surface area contributed by atoms with Crippen LogP contribution < -0.4 is 15.4 Å². The maximum atomic E-state index is 14.3. The minimum atomic E-state index is -0.497. The molecule has 4 atom stereocenters. The number of aliphatic hydroxyl groups is 1. The Labute approximate surface area is 273 Å².